The maximum atomic E-state index is 6.10. The van der Waals surface area contributed by atoms with Crippen molar-refractivity contribution in [3.8, 4) is 11.6 Å². The van der Waals surface area contributed by atoms with Crippen LogP contribution in [0.2, 0.25) is 5.15 Å². The van der Waals surface area contributed by atoms with Crippen molar-refractivity contribution in [1.29, 1.82) is 0 Å². The summed E-state index contributed by atoms with van der Waals surface area (Å²) in [5.41, 5.74) is 1.72. The lowest BCUT2D eigenvalue weighted by Crippen LogP contribution is -2.01. The highest BCUT2D eigenvalue weighted by molar-refractivity contribution is 6.30. The molecule has 7 heteroatoms. The molecule has 2 aromatic heterocycles. The SMILES string of the molecule is COCc1cccc(Oc2c(C)c(Cl)nc3ncnn23)c1. The third-order valence-electron chi connectivity index (χ3n) is 2.97. The summed E-state index contributed by atoms with van der Waals surface area (Å²) in [5, 5.41) is 4.46. The predicted octanol–water partition coefficient (Wildman–Crippen LogP) is 3.02. The van der Waals surface area contributed by atoms with Crippen molar-refractivity contribution in [2.24, 2.45) is 0 Å². The third-order valence-corrected chi connectivity index (χ3v) is 3.34. The van der Waals surface area contributed by atoms with Crippen LogP contribution in [0.1, 0.15) is 11.1 Å². The van der Waals surface area contributed by atoms with Crippen LogP contribution >= 0.6 is 11.6 Å². The lowest BCUT2D eigenvalue weighted by molar-refractivity contribution is 0.184. The Labute approximate surface area is 126 Å². The number of ether oxygens (including phenoxy) is 2. The summed E-state index contributed by atoms with van der Waals surface area (Å²) in [5.74, 6) is 1.57. The van der Waals surface area contributed by atoms with Gasteiger partial charge in [0, 0.05) is 12.7 Å². The van der Waals surface area contributed by atoms with Gasteiger partial charge in [-0.2, -0.15) is 19.6 Å². The highest BCUT2D eigenvalue weighted by Gasteiger charge is 2.14. The molecule has 0 saturated heterocycles. The molecule has 0 atom stereocenters. The summed E-state index contributed by atoms with van der Waals surface area (Å²) in [6, 6.07) is 7.63. The molecule has 0 bridgehead atoms. The van der Waals surface area contributed by atoms with Gasteiger partial charge in [0.1, 0.15) is 17.2 Å². The molecule has 0 N–H and O–H groups in total. The van der Waals surface area contributed by atoms with Crippen LogP contribution in [0.4, 0.5) is 0 Å². The zero-order chi connectivity index (χ0) is 14.8. The molecule has 0 amide bonds. The first-order chi connectivity index (χ1) is 10.2. The van der Waals surface area contributed by atoms with Gasteiger partial charge in [0.05, 0.1) is 6.61 Å². The molecule has 108 valence electrons. The van der Waals surface area contributed by atoms with E-state index in [4.69, 9.17) is 21.1 Å². The van der Waals surface area contributed by atoms with Crippen molar-refractivity contribution >= 4 is 17.4 Å². The molecule has 1 aromatic carbocycles. The van der Waals surface area contributed by atoms with Crippen LogP contribution in [0.3, 0.4) is 0 Å². The van der Waals surface area contributed by atoms with Gasteiger partial charge in [0.25, 0.3) is 5.78 Å². The Hall–Kier alpha value is -2.18. The first-order valence-electron chi connectivity index (χ1n) is 6.30. The minimum atomic E-state index is 0.346. The molecule has 0 radical (unpaired) electrons. The second-order valence-electron chi connectivity index (χ2n) is 4.49. The van der Waals surface area contributed by atoms with Crippen LogP contribution in [0.15, 0.2) is 30.6 Å². The van der Waals surface area contributed by atoms with E-state index in [1.807, 2.05) is 31.2 Å². The van der Waals surface area contributed by atoms with E-state index in [0.717, 1.165) is 5.56 Å². The van der Waals surface area contributed by atoms with Crippen molar-refractivity contribution in [2.45, 2.75) is 13.5 Å². The Morgan fingerprint density at radius 2 is 2.19 bits per heavy atom. The number of halogens is 1. The third kappa shape index (κ3) is 2.68. The van der Waals surface area contributed by atoms with Gasteiger partial charge < -0.3 is 9.47 Å². The molecule has 3 aromatic rings. The molecule has 0 unspecified atom stereocenters. The fourth-order valence-electron chi connectivity index (χ4n) is 1.97. The second kappa shape index (κ2) is 5.67. The van der Waals surface area contributed by atoms with Crippen molar-refractivity contribution in [3.63, 3.8) is 0 Å². The molecular formula is C14H13ClN4O2. The number of aromatic nitrogens is 4. The van der Waals surface area contributed by atoms with Crippen molar-refractivity contribution in [3.05, 3.63) is 46.9 Å². The van der Waals surface area contributed by atoms with Crippen LogP contribution in [-0.2, 0) is 11.3 Å². The van der Waals surface area contributed by atoms with Crippen LogP contribution in [0, 0.1) is 6.92 Å². The quantitative estimate of drug-likeness (QED) is 0.693. The van der Waals surface area contributed by atoms with Crippen molar-refractivity contribution < 1.29 is 9.47 Å². The number of hydrogen-bond acceptors (Lipinski definition) is 5. The molecule has 0 spiro atoms. The Balaban J connectivity index is 2.03. The maximum absolute atomic E-state index is 6.10. The first kappa shape index (κ1) is 13.8. The monoisotopic (exact) mass is 304 g/mol. The summed E-state index contributed by atoms with van der Waals surface area (Å²) < 4.78 is 12.6. The Kier molecular flexibility index (Phi) is 3.72. The van der Waals surface area contributed by atoms with Gasteiger partial charge in [-0.15, -0.1) is 0 Å². The Bertz CT molecular complexity index is 788. The summed E-state index contributed by atoms with van der Waals surface area (Å²) in [4.78, 5) is 8.17. The van der Waals surface area contributed by atoms with Gasteiger partial charge in [-0.3, -0.25) is 0 Å². The fraction of sp³-hybridized carbons (Fsp3) is 0.214. The van der Waals surface area contributed by atoms with E-state index in [9.17, 15) is 0 Å². The molecule has 0 aliphatic heterocycles. The molecular weight excluding hydrogens is 292 g/mol. The average Bonchev–Trinajstić information content (AvgIpc) is 2.92. The molecule has 0 aliphatic rings. The van der Waals surface area contributed by atoms with Gasteiger partial charge in [-0.05, 0) is 24.6 Å². The van der Waals surface area contributed by atoms with E-state index in [2.05, 4.69) is 15.1 Å². The lowest BCUT2D eigenvalue weighted by Gasteiger charge is -2.11. The van der Waals surface area contributed by atoms with Crippen molar-refractivity contribution in [2.75, 3.05) is 7.11 Å². The Morgan fingerprint density at radius 1 is 1.33 bits per heavy atom. The Morgan fingerprint density at radius 3 is 3.00 bits per heavy atom. The van der Waals surface area contributed by atoms with Gasteiger partial charge in [-0.1, -0.05) is 23.7 Å². The predicted molar refractivity (Wildman–Crippen MR) is 77.8 cm³/mol. The van der Waals surface area contributed by atoms with Crippen LogP contribution in [0.5, 0.6) is 11.6 Å². The number of benzene rings is 1. The zero-order valence-corrected chi connectivity index (χ0v) is 12.3. The van der Waals surface area contributed by atoms with Gasteiger partial charge in [-0.25, -0.2) is 0 Å². The van der Waals surface area contributed by atoms with Crippen LogP contribution in [-0.4, -0.2) is 26.7 Å². The normalized spacial score (nSPS) is 11.0. The van der Waals surface area contributed by atoms with E-state index >= 15 is 0 Å². The minimum Gasteiger partial charge on any atom is -0.438 e. The van der Waals surface area contributed by atoms with E-state index in [1.54, 1.807) is 7.11 Å². The van der Waals surface area contributed by atoms with E-state index in [-0.39, 0.29) is 0 Å². The molecule has 2 heterocycles. The average molecular weight is 305 g/mol. The highest BCUT2D eigenvalue weighted by Crippen LogP contribution is 2.29. The smallest absolute Gasteiger partial charge is 0.256 e. The number of methoxy groups -OCH3 is 1. The zero-order valence-electron chi connectivity index (χ0n) is 11.6. The van der Waals surface area contributed by atoms with Gasteiger partial charge in [0.2, 0.25) is 5.88 Å². The summed E-state index contributed by atoms with van der Waals surface area (Å²) in [6.45, 7) is 2.34. The van der Waals surface area contributed by atoms with E-state index in [1.165, 1.54) is 10.8 Å². The van der Waals surface area contributed by atoms with E-state index < -0.39 is 0 Å². The number of hydrogen-bond donors (Lipinski definition) is 0. The highest BCUT2D eigenvalue weighted by atomic mass is 35.5. The molecule has 0 saturated carbocycles. The van der Waals surface area contributed by atoms with Gasteiger partial charge in [0.15, 0.2) is 0 Å². The second-order valence-corrected chi connectivity index (χ2v) is 4.85. The standard InChI is InChI=1S/C14H13ClN4O2/c1-9-12(15)18-14-16-8-17-19(14)13(9)21-11-5-3-4-10(6-11)7-20-2/h3-6,8H,7H2,1-2H3. The molecule has 6 nitrogen and oxygen atoms in total. The number of fused-ring (bicyclic) bond motifs is 1. The van der Waals surface area contributed by atoms with Crippen LogP contribution in [0.25, 0.3) is 5.78 Å². The van der Waals surface area contributed by atoms with E-state index in [0.29, 0.717) is 34.7 Å². The minimum absolute atomic E-state index is 0.346. The maximum Gasteiger partial charge on any atom is 0.256 e. The van der Waals surface area contributed by atoms with Gasteiger partial charge >= 0.3 is 0 Å². The van der Waals surface area contributed by atoms with Crippen LogP contribution < -0.4 is 4.74 Å². The summed E-state index contributed by atoms with van der Waals surface area (Å²) in [6.07, 6.45) is 1.41. The summed E-state index contributed by atoms with van der Waals surface area (Å²) >= 11 is 6.10. The topological polar surface area (TPSA) is 61.5 Å². The summed E-state index contributed by atoms with van der Waals surface area (Å²) in [7, 11) is 1.65. The van der Waals surface area contributed by atoms with Crippen molar-refractivity contribution in [1.82, 2.24) is 19.6 Å². The molecule has 21 heavy (non-hydrogen) atoms. The lowest BCUT2D eigenvalue weighted by atomic mass is 10.2. The molecule has 0 fully saturated rings. The number of nitrogens with zero attached hydrogens (tertiary/aromatic N) is 4. The molecule has 3 rings (SSSR count). The largest absolute Gasteiger partial charge is 0.438 e. The number of rotatable bonds is 4. The fourth-order valence-corrected chi connectivity index (χ4v) is 2.13. The first-order valence-corrected chi connectivity index (χ1v) is 6.68. The molecule has 0 aliphatic carbocycles.